The molecule has 0 aliphatic rings. The maximum absolute atomic E-state index is 3.87. The summed E-state index contributed by atoms with van der Waals surface area (Å²) < 4.78 is 0. The molecule has 0 unspecified atom stereocenters. The largest absolute Gasteiger partial charge is 1.00 e. The number of benzene rings is 2. The quantitative estimate of drug-likeness (QED) is 0.492. The Labute approximate surface area is 85.4 Å². The van der Waals surface area contributed by atoms with Crippen LogP contribution in [0, 0.1) is 6.92 Å². The van der Waals surface area contributed by atoms with Gasteiger partial charge in [-0.2, -0.15) is 24.6 Å². The predicted octanol–water partition coefficient (Wildman–Crippen LogP) is 3.02. The maximum atomic E-state index is 3.87. The van der Waals surface area contributed by atoms with Crippen LogP contribution in [0.4, 0.5) is 0 Å². The molecule has 0 aromatic heterocycles. The molecule has 0 N–H and O–H groups in total. The topological polar surface area (TPSA) is 0 Å². The standard InChI is InChI=1S/C11H9.Ru/c1-9-6-7-10-4-2-3-5-11(10)8-9;/h2-8H,1H2;/q-1;+1. The summed E-state index contributed by atoms with van der Waals surface area (Å²) in [7, 11) is 0. The molecule has 0 aliphatic heterocycles. The molecule has 1 heteroatoms. The van der Waals surface area contributed by atoms with Crippen LogP contribution in [0.2, 0.25) is 0 Å². The van der Waals surface area contributed by atoms with Crippen molar-refractivity contribution in [3.05, 3.63) is 55.0 Å². The summed E-state index contributed by atoms with van der Waals surface area (Å²) >= 11 is 0. The van der Waals surface area contributed by atoms with Crippen LogP contribution < -0.4 is 0 Å². The first kappa shape index (κ1) is 9.28. The molecule has 0 bridgehead atoms. The molecule has 0 aliphatic carbocycles. The normalized spacial score (nSPS) is 9.33. The van der Waals surface area contributed by atoms with Crippen LogP contribution in [0.25, 0.3) is 10.8 Å². The summed E-state index contributed by atoms with van der Waals surface area (Å²) in [6.07, 6.45) is 0. The van der Waals surface area contributed by atoms with Gasteiger partial charge in [0.25, 0.3) is 0 Å². The molecule has 0 heterocycles. The van der Waals surface area contributed by atoms with E-state index in [1.165, 1.54) is 10.8 Å². The van der Waals surface area contributed by atoms with E-state index >= 15 is 0 Å². The van der Waals surface area contributed by atoms with Crippen LogP contribution in [0.3, 0.4) is 0 Å². The molecule has 0 spiro atoms. The van der Waals surface area contributed by atoms with Gasteiger partial charge in [-0.05, 0) is 5.39 Å². The minimum Gasteiger partial charge on any atom is -0.199 e. The van der Waals surface area contributed by atoms with Crippen LogP contribution in [-0.2, 0) is 19.5 Å². The third kappa shape index (κ3) is 1.68. The Morgan fingerprint density at radius 3 is 2.25 bits per heavy atom. The van der Waals surface area contributed by atoms with Gasteiger partial charge in [0, 0.05) is 0 Å². The van der Waals surface area contributed by atoms with Crippen molar-refractivity contribution in [2.24, 2.45) is 0 Å². The van der Waals surface area contributed by atoms with Gasteiger partial charge in [0.15, 0.2) is 0 Å². The summed E-state index contributed by atoms with van der Waals surface area (Å²) in [5.41, 5.74) is 1.07. The molecule has 0 nitrogen and oxygen atoms in total. The number of fused-ring (bicyclic) bond motifs is 1. The second-order valence-corrected chi connectivity index (χ2v) is 2.68. The average molecular weight is 242 g/mol. The fourth-order valence-corrected chi connectivity index (χ4v) is 1.24. The Morgan fingerprint density at radius 2 is 1.50 bits per heavy atom. The van der Waals surface area contributed by atoms with E-state index in [0.717, 1.165) is 5.56 Å². The van der Waals surface area contributed by atoms with Gasteiger partial charge in [0.2, 0.25) is 0 Å². The van der Waals surface area contributed by atoms with Crippen molar-refractivity contribution in [1.82, 2.24) is 0 Å². The average Bonchev–Trinajstić information content (AvgIpc) is 2.04. The summed E-state index contributed by atoms with van der Waals surface area (Å²) in [5, 5.41) is 2.54. The molecule has 61 valence electrons. The van der Waals surface area contributed by atoms with Gasteiger partial charge in [-0.1, -0.05) is 29.7 Å². The van der Waals surface area contributed by atoms with Gasteiger partial charge in [0.1, 0.15) is 0 Å². The fraction of sp³-hybridized carbons (Fsp3) is 0. The van der Waals surface area contributed by atoms with E-state index in [0.29, 0.717) is 0 Å². The predicted molar refractivity (Wildman–Crippen MR) is 48.4 cm³/mol. The van der Waals surface area contributed by atoms with Gasteiger partial charge in [0.05, 0.1) is 0 Å². The number of rotatable bonds is 0. The monoisotopic (exact) mass is 243 g/mol. The van der Waals surface area contributed by atoms with Gasteiger partial charge in [-0.15, -0.1) is 6.07 Å². The van der Waals surface area contributed by atoms with Crippen molar-refractivity contribution >= 4 is 10.8 Å². The van der Waals surface area contributed by atoms with Crippen LogP contribution >= 0.6 is 0 Å². The molecular formula is C11H9Ru. The van der Waals surface area contributed by atoms with Crippen molar-refractivity contribution < 1.29 is 19.5 Å². The Balaban J connectivity index is 0.000000720. The van der Waals surface area contributed by atoms with Gasteiger partial charge in [-0.25, -0.2) is 0 Å². The smallest absolute Gasteiger partial charge is 0.199 e. The minimum absolute atomic E-state index is 0. The van der Waals surface area contributed by atoms with E-state index in [2.05, 4.69) is 31.2 Å². The Bertz CT molecular complexity index is 379. The molecule has 2 rings (SSSR count). The molecular weight excluding hydrogens is 233 g/mol. The van der Waals surface area contributed by atoms with Crippen LogP contribution in [-0.4, -0.2) is 0 Å². The van der Waals surface area contributed by atoms with Gasteiger partial charge >= 0.3 is 19.5 Å². The van der Waals surface area contributed by atoms with Gasteiger partial charge in [-0.3, -0.25) is 0 Å². The van der Waals surface area contributed by atoms with E-state index in [4.69, 9.17) is 0 Å². The molecule has 0 amide bonds. The molecule has 0 saturated heterocycles. The zero-order chi connectivity index (χ0) is 7.68. The van der Waals surface area contributed by atoms with Crippen molar-refractivity contribution in [1.29, 1.82) is 0 Å². The molecule has 0 fully saturated rings. The van der Waals surface area contributed by atoms with Crippen LogP contribution in [0.1, 0.15) is 5.56 Å². The fourth-order valence-electron chi connectivity index (χ4n) is 1.24. The zero-order valence-electron chi connectivity index (χ0n) is 6.60. The first-order chi connectivity index (χ1) is 5.36. The van der Waals surface area contributed by atoms with E-state index in [1.807, 2.05) is 18.2 Å². The Hall–Kier alpha value is -0.807. The molecule has 12 heavy (non-hydrogen) atoms. The van der Waals surface area contributed by atoms with Crippen molar-refractivity contribution in [3.8, 4) is 0 Å². The van der Waals surface area contributed by atoms with E-state index in [1.54, 1.807) is 0 Å². The minimum atomic E-state index is 0. The number of hydrogen-bond donors (Lipinski definition) is 0. The van der Waals surface area contributed by atoms with E-state index in [9.17, 15) is 0 Å². The summed E-state index contributed by atoms with van der Waals surface area (Å²) in [6, 6.07) is 14.5. The second-order valence-electron chi connectivity index (χ2n) is 2.68. The van der Waals surface area contributed by atoms with Crippen LogP contribution in [0.15, 0.2) is 42.5 Å². The summed E-state index contributed by atoms with van der Waals surface area (Å²) in [5.74, 6) is 0. The molecule has 0 atom stereocenters. The van der Waals surface area contributed by atoms with E-state index in [-0.39, 0.29) is 19.5 Å². The number of hydrogen-bond acceptors (Lipinski definition) is 0. The summed E-state index contributed by atoms with van der Waals surface area (Å²) in [4.78, 5) is 0. The Morgan fingerprint density at radius 1 is 0.833 bits per heavy atom. The first-order valence-corrected chi connectivity index (χ1v) is 3.67. The third-order valence-electron chi connectivity index (χ3n) is 1.81. The first-order valence-electron chi connectivity index (χ1n) is 3.67. The van der Waals surface area contributed by atoms with Gasteiger partial charge < -0.3 is 0 Å². The second kappa shape index (κ2) is 3.73. The van der Waals surface area contributed by atoms with Crippen LogP contribution in [0.5, 0.6) is 0 Å². The SMILES string of the molecule is [CH2-]c1ccc2ccccc2c1.[Ru+]. The van der Waals surface area contributed by atoms with Crippen molar-refractivity contribution in [3.63, 3.8) is 0 Å². The van der Waals surface area contributed by atoms with E-state index < -0.39 is 0 Å². The zero-order valence-corrected chi connectivity index (χ0v) is 8.34. The molecule has 1 radical (unpaired) electrons. The van der Waals surface area contributed by atoms with Crippen molar-refractivity contribution in [2.45, 2.75) is 0 Å². The molecule has 0 saturated carbocycles. The Kier molecular flexibility index (Phi) is 2.89. The molecule has 2 aromatic carbocycles. The maximum Gasteiger partial charge on any atom is 1.00 e. The summed E-state index contributed by atoms with van der Waals surface area (Å²) in [6.45, 7) is 3.87. The third-order valence-corrected chi connectivity index (χ3v) is 1.81. The van der Waals surface area contributed by atoms with Crippen molar-refractivity contribution in [2.75, 3.05) is 0 Å². The molecule has 2 aromatic rings.